The van der Waals surface area contributed by atoms with Crippen molar-refractivity contribution < 1.29 is 9.30 Å². The van der Waals surface area contributed by atoms with E-state index in [1.807, 2.05) is 48.3 Å². The number of hydrogen-bond donors (Lipinski definition) is 0. The normalized spacial score (nSPS) is 10.0. The first kappa shape index (κ1) is 9.99. The molecule has 0 N–H and O–H groups in total. The van der Waals surface area contributed by atoms with Crippen molar-refractivity contribution in [1.82, 2.24) is 0 Å². The van der Waals surface area contributed by atoms with Crippen molar-refractivity contribution >= 4 is 11.6 Å². The van der Waals surface area contributed by atoms with Crippen molar-refractivity contribution in [3.05, 3.63) is 53.8 Å². The topological polar surface area (TPSA) is 13.1 Å². The Bertz CT molecular complexity index is 393. The maximum atomic E-state index is 5.78. The van der Waals surface area contributed by atoms with Crippen molar-refractivity contribution in [3.8, 4) is 11.5 Å². The summed E-state index contributed by atoms with van der Waals surface area (Å²) in [6.45, 7) is 0. The number of hydrogen-bond acceptors (Lipinski definition) is 1. The number of ether oxygens (including phenoxy) is 1. The number of pyridine rings is 1. The molecule has 0 aliphatic heterocycles. The van der Waals surface area contributed by atoms with Crippen molar-refractivity contribution in [1.29, 1.82) is 0 Å². The van der Waals surface area contributed by atoms with Gasteiger partial charge in [-0.1, -0.05) is 11.6 Å². The van der Waals surface area contributed by atoms with Gasteiger partial charge in [0.15, 0.2) is 12.4 Å². The van der Waals surface area contributed by atoms with Gasteiger partial charge >= 0.3 is 0 Å². The third-order valence-electron chi connectivity index (χ3n) is 2.00. The monoisotopic (exact) mass is 220 g/mol. The third-order valence-corrected chi connectivity index (χ3v) is 2.25. The highest BCUT2D eigenvalue weighted by Gasteiger charge is 1.98. The summed E-state index contributed by atoms with van der Waals surface area (Å²) in [5.74, 6) is 1.60. The van der Waals surface area contributed by atoms with Crippen molar-refractivity contribution in [2.24, 2.45) is 7.05 Å². The van der Waals surface area contributed by atoms with Gasteiger partial charge in [-0.2, -0.15) is 0 Å². The minimum atomic E-state index is 0.710. The van der Waals surface area contributed by atoms with E-state index in [1.54, 1.807) is 12.1 Å². The Hall–Kier alpha value is -1.54. The molecule has 0 saturated heterocycles. The molecular formula is C12H11ClNO+. The van der Waals surface area contributed by atoms with Crippen LogP contribution in [0.3, 0.4) is 0 Å². The largest absolute Gasteiger partial charge is 0.457 e. The summed E-state index contributed by atoms with van der Waals surface area (Å²) in [6.07, 6.45) is 3.87. The standard InChI is InChI=1S/C12H11ClNO/c1-14-8-6-12(7-9-14)15-11-4-2-10(13)3-5-11/h2-9H,1H3/q+1. The summed E-state index contributed by atoms with van der Waals surface area (Å²) in [5, 5.41) is 0.710. The van der Waals surface area contributed by atoms with E-state index >= 15 is 0 Å². The highest BCUT2D eigenvalue weighted by atomic mass is 35.5. The predicted octanol–water partition coefficient (Wildman–Crippen LogP) is 2.96. The lowest BCUT2D eigenvalue weighted by molar-refractivity contribution is -0.671. The second-order valence-electron chi connectivity index (χ2n) is 3.26. The Morgan fingerprint density at radius 1 is 0.933 bits per heavy atom. The summed E-state index contributed by atoms with van der Waals surface area (Å²) < 4.78 is 7.57. The molecule has 0 saturated carbocycles. The molecule has 0 unspecified atom stereocenters. The lowest BCUT2D eigenvalue weighted by Crippen LogP contribution is -2.25. The first-order valence-corrected chi connectivity index (χ1v) is 5.00. The van der Waals surface area contributed by atoms with E-state index in [2.05, 4.69) is 0 Å². The molecule has 1 aromatic carbocycles. The quantitative estimate of drug-likeness (QED) is 0.710. The molecule has 0 spiro atoms. The fraction of sp³-hybridized carbons (Fsp3) is 0.0833. The summed E-state index contributed by atoms with van der Waals surface area (Å²) >= 11 is 5.78. The first-order chi connectivity index (χ1) is 7.24. The molecule has 0 amide bonds. The molecule has 2 rings (SSSR count). The minimum Gasteiger partial charge on any atom is -0.457 e. The third kappa shape index (κ3) is 2.70. The molecule has 1 aromatic heterocycles. The number of aromatic nitrogens is 1. The zero-order valence-electron chi connectivity index (χ0n) is 8.35. The number of rotatable bonds is 2. The molecule has 0 fully saturated rings. The highest BCUT2D eigenvalue weighted by molar-refractivity contribution is 6.30. The van der Waals surface area contributed by atoms with Gasteiger partial charge in [-0.15, -0.1) is 0 Å². The first-order valence-electron chi connectivity index (χ1n) is 4.63. The molecule has 0 aliphatic rings. The fourth-order valence-electron chi connectivity index (χ4n) is 1.19. The number of nitrogens with zero attached hydrogens (tertiary/aromatic N) is 1. The fourth-order valence-corrected chi connectivity index (χ4v) is 1.32. The summed E-state index contributed by atoms with van der Waals surface area (Å²) in [5.41, 5.74) is 0. The van der Waals surface area contributed by atoms with Crippen LogP contribution in [0.1, 0.15) is 0 Å². The van der Waals surface area contributed by atoms with Crippen LogP contribution in [0.4, 0.5) is 0 Å². The molecule has 0 bridgehead atoms. The van der Waals surface area contributed by atoms with Crippen LogP contribution in [0.5, 0.6) is 11.5 Å². The van der Waals surface area contributed by atoms with Crippen molar-refractivity contribution in [3.63, 3.8) is 0 Å². The average molecular weight is 221 g/mol. The Morgan fingerprint density at radius 2 is 1.47 bits per heavy atom. The van der Waals surface area contributed by atoms with Crippen LogP contribution < -0.4 is 9.30 Å². The number of benzene rings is 1. The molecule has 0 radical (unpaired) electrons. The zero-order chi connectivity index (χ0) is 10.7. The molecular weight excluding hydrogens is 210 g/mol. The van der Waals surface area contributed by atoms with Crippen LogP contribution in [0, 0.1) is 0 Å². The van der Waals surface area contributed by atoms with Gasteiger partial charge in [-0.25, -0.2) is 4.57 Å². The van der Waals surface area contributed by atoms with E-state index in [4.69, 9.17) is 16.3 Å². The van der Waals surface area contributed by atoms with Gasteiger partial charge in [-0.3, -0.25) is 0 Å². The molecule has 1 heterocycles. The van der Waals surface area contributed by atoms with Crippen molar-refractivity contribution in [2.45, 2.75) is 0 Å². The highest BCUT2D eigenvalue weighted by Crippen LogP contribution is 2.21. The van der Waals surface area contributed by atoms with E-state index in [-0.39, 0.29) is 0 Å². The number of halogens is 1. The predicted molar refractivity (Wildman–Crippen MR) is 59.1 cm³/mol. The molecule has 0 aliphatic carbocycles. The maximum Gasteiger partial charge on any atom is 0.172 e. The van der Waals surface area contributed by atoms with Gasteiger partial charge in [0.1, 0.15) is 18.5 Å². The van der Waals surface area contributed by atoms with Gasteiger partial charge in [-0.05, 0) is 24.3 Å². The van der Waals surface area contributed by atoms with Crippen LogP contribution in [-0.4, -0.2) is 0 Å². The number of aryl methyl sites for hydroxylation is 1. The van der Waals surface area contributed by atoms with Gasteiger partial charge in [0.05, 0.1) is 0 Å². The SMILES string of the molecule is C[n+]1ccc(Oc2ccc(Cl)cc2)cc1. The Labute approximate surface area is 93.7 Å². The van der Waals surface area contributed by atoms with Crippen LogP contribution in [-0.2, 0) is 7.05 Å². The van der Waals surface area contributed by atoms with Gasteiger partial charge in [0.2, 0.25) is 0 Å². The van der Waals surface area contributed by atoms with Gasteiger partial charge < -0.3 is 4.74 Å². The second-order valence-corrected chi connectivity index (χ2v) is 3.69. The lowest BCUT2D eigenvalue weighted by atomic mass is 10.3. The average Bonchev–Trinajstić information content (AvgIpc) is 2.25. The Kier molecular flexibility index (Phi) is 2.88. The van der Waals surface area contributed by atoms with E-state index in [1.165, 1.54) is 0 Å². The van der Waals surface area contributed by atoms with E-state index < -0.39 is 0 Å². The van der Waals surface area contributed by atoms with Crippen LogP contribution >= 0.6 is 11.6 Å². The van der Waals surface area contributed by atoms with Gasteiger partial charge in [0, 0.05) is 17.2 Å². The Morgan fingerprint density at radius 3 is 2.07 bits per heavy atom. The van der Waals surface area contributed by atoms with E-state index in [0.29, 0.717) is 5.02 Å². The molecule has 15 heavy (non-hydrogen) atoms. The van der Waals surface area contributed by atoms with Crippen molar-refractivity contribution in [2.75, 3.05) is 0 Å². The van der Waals surface area contributed by atoms with E-state index in [9.17, 15) is 0 Å². The molecule has 76 valence electrons. The molecule has 2 nitrogen and oxygen atoms in total. The Balaban J connectivity index is 2.15. The summed E-state index contributed by atoms with van der Waals surface area (Å²) in [6, 6.07) is 11.1. The van der Waals surface area contributed by atoms with Crippen LogP contribution in [0.25, 0.3) is 0 Å². The van der Waals surface area contributed by atoms with Gasteiger partial charge in [0.25, 0.3) is 0 Å². The molecule has 3 heteroatoms. The minimum absolute atomic E-state index is 0.710. The zero-order valence-corrected chi connectivity index (χ0v) is 9.11. The van der Waals surface area contributed by atoms with Crippen LogP contribution in [0.15, 0.2) is 48.8 Å². The maximum absolute atomic E-state index is 5.78. The van der Waals surface area contributed by atoms with Crippen LogP contribution in [0.2, 0.25) is 5.02 Å². The molecule has 2 aromatic rings. The van der Waals surface area contributed by atoms with E-state index in [0.717, 1.165) is 11.5 Å². The summed E-state index contributed by atoms with van der Waals surface area (Å²) in [7, 11) is 1.96. The summed E-state index contributed by atoms with van der Waals surface area (Å²) in [4.78, 5) is 0. The second kappa shape index (κ2) is 4.32. The smallest absolute Gasteiger partial charge is 0.172 e. The lowest BCUT2D eigenvalue weighted by Gasteiger charge is -2.03. The molecule has 0 atom stereocenters.